The fraction of sp³-hybridized carbons (Fsp3) is 0.700. The number of hydrogen-bond donors (Lipinski definition) is 2. The number of nitrogens with one attached hydrogen (secondary N) is 2. The van der Waals surface area contributed by atoms with Crippen LogP contribution in [0.4, 0.5) is 13.2 Å². The van der Waals surface area contributed by atoms with Gasteiger partial charge >= 0.3 is 6.18 Å². The zero-order valence-electron chi connectivity index (χ0n) is 9.03. The number of hydrogen-bond acceptors (Lipinski definition) is 2. The number of alkyl halides is 3. The molecular weight excluding hydrogens is 221 g/mol. The quantitative estimate of drug-likeness (QED) is 0.677. The molecule has 92 valence electrons. The second-order valence-corrected chi connectivity index (χ2v) is 3.30. The van der Waals surface area contributed by atoms with Gasteiger partial charge in [0.2, 0.25) is 5.91 Å². The summed E-state index contributed by atoms with van der Waals surface area (Å²) in [6, 6.07) is -0.176. The predicted octanol–water partition coefficient (Wildman–Crippen LogP) is 1.06. The van der Waals surface area contributed by atoms with Crippen molar-refractivity contribution in [2.24, 2.45) is 0 Å². The van der Waals surface area contributed by atoms with Gasteiger partial charge in [-0.1, -0.05) is 6.92 Å². The van der Waals surface area contributed by atoms with Gasteiger partial charge in [0.25, 0.3) is 0 Å². The van der Waals surface area contributed by atoms with Gasteiger partial charge in [-0.15, -0.1) is 12.3 Å². The molecule has 3 nitrogen and oxygen atoms in total. The van der Waals surface area contributed by atoms with E-state index in [9.17, 15) is 18.0 Å². The van der Waals surface area contributed by atoms with Crippen molar-refractivity contribution in [1.82, 2.24) is 10.6 Å². The van der Waals surface area contributed by atoms with Crippen LogP contribution in [0.5, 0.6) is 0 Å². The molecule has 6 heteroatoms. The van der Waals surface area contributed by atoms with Crippen LogP contribution < -0.4 is 10.6 Å². The van der Waals surface area contributed by atoms with Gasteiger partial charge in [-0.25, -0.2) is 0 Å². The molecule has 1 atom stereocenters. The summed E-state index contributed by atoms with van der Waals surface area (Å²) in [5.74, 6) is 1.91. The third kappa shape index (κ3) is 8.12. The zero-order chi connectivity index (χ0) is 12.6. The fourth-order valence-electron chi connectivity index (χ4n) is 1.04. The summed E-state index contributed by atoms with van der Waals surface area (Å²) in [5, 5.41) is 4.55. The van der Waals surface area contributed by atoms with Gasteiger partial charge in [-0.3, -0.25) is 4.79 Å². The van der Waals surface area contributed by atoms with Crippen molar-refractivity contribution in [3.05, 3.63) is 0 Å². The van der Waals surface area contributed by atoms with Crippen molar-refractivity contribution in [3.63, 3.8) is 0 Å². The van der Waals surface area contributed by atoms with E-state index in [0.717, 1.165) is 0 Å². The van der Waals surface area contributed by atoms with E-state index in [0.29, 0.717) is 12.8 Å². The monoisotopic (exact) mass is 236 g/mol. The predicted molar refractivity (Wildman–Crippen MR) is 54.6 cm³/mol. The highest BCUT2D eigenvalue weighted by Crippen LogP contribution is 2.11. The Labute approximate surface area is 92.8 Å². The number of terminal acetylenes is 1. The molecule has 0 aromatic carbocycles. The molecule has 0 saturated carbocycles. The minimum absolute atomic E-state index is 0.176. The normalized spacial score (nSPS) is 12.9. The second kappa shape index (κ2) is 7.12. The number of rotatable bonds is 6. The van der Waals surface area contributed by atoms with Crippen LogP contribution in [0.3, 0.4) is 0 Å². The van der Waals surface area contributed by atoms with Crippen molar-refractivity contribution in [2.75, 3.05) is 13.1 Å². The standard InChI is InChI=1S/C10H15F3N2O/c1-3-5-8(4-2)15-9(16)6-14-7-10(11,12)13/h1,8,14H,4-7H2,2H3,(H,15,16). The van der Waals surface area contributed by atoms with Gasteiger partial charge < -0.3 is 10.6 Å². The van der Waals surface area contributed by atoms with Gasteiger partial charge in [0.05, 0.1) is 13.1 Å². The second-order valence-electron chi connectivity index (χ2n) is 3.30. The van der Waals surface area contributed by atoms with Gasteiger partial charge in [0.15, 0.2) is 0 Å². The van der Waals surface area contributed by atoms with Crippen LogP contribution in [0.15, 0.2) is 0 Å². The summed E-state index contributed by atoms with van der Waals surface area (Å²) < 4.78 is 35.2. The van der Waals surface area contributed by atoms with Crippen LogP contribution in [0.1, 0.15) is 19.8 Å². The minimum Gasteiger partial charge on any atom is -0.351 e. The summed E-state index contributed by atoms with van der Waals surface area (Å²) in [4.78, 5) is 11.2. The van der Waals surface area contributed by atoms with Crippen molar-refractivity contribution >= 4 is 5.91 Å². The molecular formula is C10H15F3N2O. The molecule has 0 aliphatic heterocycles. The highest BCUT2D eigenvalue weighted by molar-refractivity contribution is 5.78. The number of halogens is 3. The molecule has 0 radical (unpaired) electrons. The Morgan fingerprint density at radius 3 is 2.56 bits per heavy atom. The largest absolute Gasteiger partial charge is 0.401 e. The molecule has 0 saturated heterocycles. The molecule has 0 bridgehead atoms. The molecule has 0 spiro atoms. The Kier molecular flexibility index (Phi) is 6.58. The fourth-order valence-corrected chi connectivity index (χ4v) is 1.04. The van der Waals surface area contributed by atoms with E-state index in [1.165, 1.54) is 0 Å². The molecule has 1 amide bonds. The van der Waals surface area contributed by atoms with E-state index in [2.05, 4.69) is 11.2 Å². The molecule has 1 unspecified atom stereocenters. The van der Waals surface area contributed by atoms with Crippen LogP contribution in [-0.4, -0.2) is 31.2 Å². The third-order valence-electron chi connectivity index (χ3n) is 1.83. The van der Waals surface area contributed by atoms with E-state index in [-0.39, 0.29) is 12.6 Å². The van der Waals surface area contributed by atoms with E-state index in [1.54, 1.807) is 0 Å². The Balaban J connectivity index is 3.78. The molecule has 0 aromatic rings. The highest BCUT2D eigenvalue weighted by atomic mass is 19.4. The molecule has 2 N–H and O–H groups in total. The topological polar surface area (TPSA) is 41.1 Å². The highest BCUT2D eigenvalue weighted by Gasteiger charge is 2.26. The number of carbonyl (C=O) groups is 1. The summed E-state index contributed by atoms with van der Waals surface area (Å²) in [5.41, 5.74) is 0. The lowest BCUT2D eigenvalue weighted by Crippen LogP contribution is -2.42. The van der Waals surface area contributed by atoms with Gasteiger partial charge in [-0.05, 0) is 6.42 Å². The molecule has 0 aliphatic rings. The van der Waals surface area contributed by atoms with Gasteiger partial charge in [0.1, 0.15) is 0 Å². The van der Waals surface area contributed by atoms with Gasteiger partial charge in [-0.2, -0.15) is 13.2 Å². The van der Waals surface area contributed by atoms with Crippen molar-refractivity contribution in [3.8, 4) is 12.3 Å². The smallest absolute Gasteiger partial charge is 0.351 e. The van der Waals surface area contributed by atoms with Crippen LogP contribution in [0, 0.1) is 12.3 Å². The van der Waals surface area contributed by atoms with Crippen LogP contribution in [0.25, 0.3) is 0 Å². The maximum atomic E-state index is 11.7. The third-order valence-corrected chi connectivity index (χ3v) is 1.83. The summed E-state index contributed by atoms with van der Waals surface area (Å²) in [7, 11) is 0. The van der Waals surface area contributed by atoms with E-state index in [4.69, 9.17) is 6.42 Å². The van der Waals surface area contributed by atoms with Crippen LogP contribution >= 0.6 is 0 Å². The number of carbonyl (C=O) groups excluding carboxylic acids is 1. The first-order chi connectivity index (χ1) is 7.39. The average molecular weight is 236 g/mol. The lowest BCUT2D eigenvalue weighted by atomic mass is 10.1. The lowest BCUT2D eigenvalue weighted by molar-refractivity contribution is -0.128. The van der Waals surface area contributed by atoms with E-state index < -0.39 is 18.6 Å². The van der Waals surface area contributed by atoms with Gasteiger partial charge in [0, 0.05) is 12.5 Å². The van der Waals surface area contributed by atoms with Crippen molar-refractivity contribution in [1.29, 1.82) is 0 Å². The zero-order valence-corrected chi connectivity index (χ0v) is 9.03. The number of amides is 1. The summed E-state index contributed by atoms with van der Waals surface area (Å²) in [6.45, 7) is 0.304. The molecule has 0 fully saturated rings. The van der Waals surface area contributed by atoms with E-state index >= 15 is 0 Å². The Morgan fingerprint density at radius 2 is 2.12 bits per heavy atom. The van der Waals surface area contributed by atoms with Crippen LogP contribution in [-0.2, 0) is 4.79 Å². The van der Waals surface area contributed by atoms with Crippen LogP contribution in [0.2, 0.25) is 0 Å². The molecule has 0 rings (SSSR count). The molecule has 0 aliphatic carbocycles. The first-order valence-corrected chi connectivity index (χ1v) is 4.89. The van der Waals surface area contributed by atoms with E-state index in [1.807, 2.05) is 12.2 Å². The maximum absolute atomic E-state index is 11.7. The minimum atomic E-state index is -4.30. The maximum Gasteiger partial charge on any atom is 0.401 e. The Bertz CT molecular complexity index is 258. The Hall–Kier alpha value is -1.22. The SMILES string of the molecule is C#CCC(CC)NC(=O)CNCC(F)(F)F. The van der Waals surface area contributed by atoms with Crippen molar-refractivity contribution < 1.29 is 18.0 Å². The molecule has 0 aromatic heterocycles. The van der Waals surface area contributed by atoms with Crippen molar-refractivity contribution in [2.45, 2.75) is 32.0 Å². The molecule has 16 heavy (non-hydrogen) atoms. The average Bonchev–Trinajstić information content (AvgIpc) is 2.15. The molecule has 0 heterocycles. The lowest BCUT2D eigenvalue weighted by Gasteiger charge is -2.14. The summed E-state index contributed by atoms with van der Waals surface area (Å²) in [6.07, 6.45) is 1.79. The first-order valence-electron chi connectivity index (χ1n) is 4.89. The summed E-state index contributed by atoms with van der Waals surface area (Å²) >= 11 is 0. The Morgan fingerprint density at radius 1 is 1.50 bits per heavy atom. The first kappa shape index (κ1) is 14.8.